The summed E-state index contributed by atoms with van der Waals surface area (Å²) < 4.78 is 0. The van der Waals surface area contributed by atoms with Crippen LogP contribution in [0.4, 0.5) is 0 Å². The number of nitrogens with two attached hydrogens (primary N) is 1. The van der Waals surface area contributed by atoms with Gasteiger partial charge in [0, 0.05) is 11.5 Å². The molecule has 0 aromatic carbocycles. The standard InChI is InChI=1S/C7H7N3S/c1-5-10-7(4-11-5)6(9)2-3-8/h2,4H,9H2,1H3. The first-order valence-electron chi connectivity index (χ1n) is 3.02. The molecule has 11 heavy (non-hydrogen) atoms. The van der Waals surface area contributed by atoms with E-state index in [-0.39, 0.29) is 0 Å². The second-order valence-electron chi connectivity index (χ2n) is 1.98. The van der Waals surface area contributed by atoms with E-state index in [1.54, 1.807) is 0 Å². The third kappa shape index (κ3) is 1.79. The van der Waals surface area contributed by atoms with Gasteiger partial charge < -0.3 is 5.73 Å². The van der Waals surface area contributed by atoms with Crippen LogP contribution in [-0.2, 0) is 0 Å². The lowest BCUT2D eigenvalue weighted by atomic mass is 10.3. The van der Waals surface area contributed by atoms with E-state index in [2.05, 4.69) is 4.98 Å². The summed E-state index contributed by atoms with van der Waals surface area (Å²) in [4.78, 5) is 4.10. The van der Waals surface area contributed by atoms with Crippen LogP contribution in [0.25, 0.3) is 5.70 Å². The number of hydrogen-bond donors (Lipinski definition) is 1. The Bertz CT molecular complexity index is 319. The molecular weight excluding hydrogens is 158 g/mol. The highest BCUT2D eigenvalue weighted by atomic mass is 32.1. The summed E-state index contributed by atoms with van der Waals surface area (Å²) in [6, 6.07) is 1.85. The highest BCUT2D eigenvalue weighted by molar-refractivity contribution is 7.09. The largest absolute Gasteiger partial charge is 0.396 e. The number of allylic oxidation sites excluding steroid dienone is 1. The molecule has 0 fully saturated rings. The second kappa shape index (κ2) is 3.17. The number of aromatic nitrogens is 1. The smallest absolute Gasteiger partial charge is 0.0978 e. The molecule has 1 rings (SSSR count). The van der Waals surface area contributed by atoms with Crippen LogP contribution in [-0.4, -0.2) is 4.98 Å². The van der Waals surface area contributed by atoms with Gasteiger partial charge in [-0.2, -0.15) is 5.26 Å². The van der Waals surface area contributed by atoms with Crippen molar-refractivity contribution in [2.75, 3.05) is 0 Å². The summed E-state index contributed by atoms with van der Waals surface area (Å²) in [5.41, 5.74) is 6.62. The molecule has 0 saturated heterocycles. The van der Waals surface area contributed by atoms with E-state index in [9.17, 15) is 0 Å². The molecule has 0 bridgehead atoms. The Labute approximate surface area is 68.8 Å². The predicted molar refractivity (Wildman–Crippen MR) is 44.6 cm³/mol. The van der Waals surface area contributed by atoms with E-state index in [1.165, 1.54) is 17.4 Å². The summed E-state index contributed by atoms with van der Waals surface area (Å²) in [5.74, 6) is 0. The zero-order valence-corrected chi connectivity index (χ0v) is 6.85. The van der Waals surface area contributed by atoms with Crippen molar-refractivity contribution in [3.05, 3.63) is 22.2 Å². The Hall–Kier alpha value is -1.34. The Kier molecular flexibility index (Phi) is 2.24. The molecule has 1 heterocycles. The van der Waals surface area contributed by atoms with E-state index >= 15 is 0 Å². The minimum absolute atomic E-state index is 0.428. The number of hydrogen-bond acceptors (Lipinski definition) is 4. The summed E-state index contributed by atoms with van der Waals surface area (Å²) in [5, 5.41) is 11.1. The molecule has 56 valence electrons. The van der Waals surface area contributed by atoms with Crippen LogP contribution in [0.5, 0.6) is 0 Å². The normalized spacial score (nSPS) is 11.1. The SMILES string of the molecule is Cc1nc(C(N)=CC#N)cs1. The monoisotopic (exact) mass is 165 g/mol. The van der Waals surface area contributed by atoms with Gasteiger partial charge >= 0.3 is 0 Å². The highest BCUT2D eigenvalue weighted by Gasteiger charge is 1.99. The van der Waals surface area contributed by atoms with Crippen molar-refractivity contribution >= 4 is 17.0 Å². The van der Waals surface area contributed by atoms with E-state index in [0.717, 1.165) is 5.01 Å². The van der Waals surface area contributed by atoms with Crippen molar-refractivity contribution in [3.8, 4) is 6.07 Å². The fraction of sp³-hybridized carbons (Fsp3) is 0.143. The number of rotatable bonds is 1. The molecule has 0 radical (unpaired) electrons. The van der Waals surface area contributed by atoms with E-state index < -0.39 is 0 Å². The zero-order valence-electron chi connectivity index (χ0n) is 6.03. The van der Waals surface area contributed by atoms with Crippen molar-refractivity contribution in [2.45, 2.75) is 6.92 Å². The number of thiazole rings is 1. The Balaban J connectivity index is 2.95. The van der Waals surface area contributed by atoms with Gasteiger partial charge in [-0.1, -0.05) is 0 Å². The number of nitriles is 1. The van der Waals surface area contributed by atoms with Gasteiger partial charge in [0.25, 0.3) is 0 Å². The molecule has 4 heteroatoms. The minimum Gasteiger partial charge on any atom is -0.396 e. The molecule has 0 saturated carbocycles. The summed E-state index contributed by atoms with van der Waals surface area (Å²) in [6.07, 6.45) is 1.29. The Morgan fingerprint density at radius 1 is 1.91 bits per heavy atom. The first-order valence-corrected chi connectivity index (χ1v) is 3.90. The summed E-state index contributed by atoms with van der Waals surface area (Å²) >= 11 is 1.52. The number of nitrogens with zero attached hydrogens (tertiary/aromatic N) is 2. The Morgan fingerprint density at radius 2 is 2.64 bits per heavy atom. The second-order valence-corrected chi connectivity index (χ2v) is 3.04. The maximum atomic E-state index is 8.27. The van der Waals surface area contributed by atoms with Crippen molar-refractivity contribution in [1.82, 2.24) is 4.98 Å². The van der Waals surface area contributed by atoms with Gasteiger partial charge in [0.2, 0.25) is 0 Å². The summed E-state index contributed by atoms with van der Waals surface area (Å²) in [7, 11) is 0. The number of aryl methyl sites for hydroxylation is 1. The maximum Gasteiger partial charge on any atom is 0.0978 e. The van der Waals surface area contributed by atoms with E-state index in [1.807, 2.05) is 18.4 Å². The van der Waals surface area contributed by atoms with Gasteiger partial charge in [-0.3, -0.25) is 0 Å². The molecule has 1 aromatic heterocycles. The molecular formula is C7H7N3S. The lowest BCUT2D eigenvalue weighted by Crippen LogP contribution is -1.95. The van der Waals surface area contributed by atoms with Crippen molar-refractivity contribution < 1.29 is 0 Å². The molecule has 0 aliphatic heterocycles. The van der Waals surface area contributed by atoms with Crippen molar-refractivity contribution in [1.29, 1.82) is 5.26 Å². The van der Waals surface area contributed by atoms with Crippen LogP contribution < -0.4 is 5.73 Å². The fourth-order valence-electron chi connectivity index (χ4n) is 0.639. The summed E-state index contributed by atoms with van der Waals surface area (Å²) in [6.45, 7) is 1.90. The first-order chi connectivity index (χ1) is 5.24. The predicted octanol–water partition coefficient (Wildman–Crippen LogP) is 1.27. The van der Waals surface area contributed by atoms with Gasteiger partial charge in [0.1, 0.15) is 0 Å². The highest BCUT2D eigenvalue weighted by Crippen LogP contribution is 2.12. The maximum absolute atomic E-state index is 8.27. The van der Waals surface area contributed by atoms with Crippen LogP contribution in [0.15, 0.2) is 11.5 Å². The van der Waals surface area contributed by atoms with Crippen LogP contribution in [0.1, 0.15) is 10.7 Å². The molecule has 1 aromatic rings. The van der Waals surface area contributed by atoms with Crippen molar-refractivity contribution in [2.24, 2.45) is 5.73 Å². The zero-order chi connectivity index (χ0) is 8.27. The first kappa shape index (κ1) is 7.76. The van der Waals surface area contributed by atoms with Crippen LogP contribution >= 0.6 is 11.3 Å². The van der Waals surface area contributed by atoms with E-state index in [0.29, 0.717) is 11.4 Å². The fourth-order valence-corrected chi connectivity index (χ4v) is 1.26. The molecule has 0 spiro atoms. The van der Waals surface area contributed by atoms with Crippen LogP contribution in [0.3, 0.4) is 0 Å². The molecule has 3 nitrogen and oxygen atoms in total. The quantitative estimate of drug-likeness (QED) is 0.637. The molecule has 0 aliphatic rings. The minimum atomic E-state index is 0.428. The van der Waals surface area contributed by atoms with E-state index in [4.69, 9.17) is 11.0 Å². The Morgan fingerprint density at radius 3 is 3.09 bits per heavy atom. The van der Waals surface area contributed by atoms with Gasteiger partial charge in [-0.05, 0) is 6.92 Å². The lowest BCUT2D eigenvalue weighted by molar-refractivity contribution is 1.25. The van der Waals surface area contributed by atoms with Gasteiger partial charge in [-0.15, -0.1) is 11.3 Å². The third-order valence-corrected chi connectivity index (χ3v) is 1.91. The van der Waals surface area contributed by atoms with Crippen molar-refractivity contribution in [3.63, 3.8) is 0 Å². The molecule has 0 unspecified atom stereocenters. The van der Waals surface area contributed by atoms with Gasteiger partial charge in [0.05, 0.1) is 22.5 Å². The molecule has 0 amide bonds. The third-order valence-electron chi connectivity index (χ3n) is 1.13. The molecule has 2 N–H and O–H groups in total. The van der Waals surface area contributed by atoms with Gasteiger partial charge in [0.15, 0.2) is 0 Å². The topological polar surface area (TPSA) is 62.7 Å². The van der Waals surface area contributed by atoms with Crippen LogP contribution in [0, 0.1) is 18.3 Å². The molecule has 0 atom stereocenters. The lowest BCUT2D eigenvalue weighted by Gasteiger charge is -1.89. The van der Waals surface area contributed by atoms with Crippen LogP contribution in [0.2, 0.25) is 0 Å². The average Bonchev–Trinajstić information content (AvgIpc) is 2.36. The molecule has 0 aliphatic carbocycles. The average molecular weight is 165 g/mol. The van der Waals surface area contributed by atoms with Gasteiger partial charge in [-0.25, -0.2) is 4.98 Å².